The molecule has 0 aliphatic carbocycles. The van der Waals surface area contributed by atoms with E-state index in [1.165, 1.54) is 15.7 Å². The summed E-state index contributed by atoms with van der Waals surface area (Å²) in [7, 11) is 1.67. The second-order valence-electron chi connectivity index (χ2n) is 8.91. The molecule has 6 bridgehead atoms. The summed E-state index contributed by atoms with van der Waals surface area (Å²) < 4.78 is 8.58. The summed E-state index contributed by atoms with van der Waals surface area (Å²) in [5.74, 6) is 0.843. The summed E-state index contributed by atoms with van der Waals surface area (Å²) >= 11 is 3.35. The average molecular weight is 532 g/mol. The lowest BCUT2D eigenvalue weighted by atomic mass is 10.1. The first kappa shape index (κ1) is 23.3. The molecule has 3 aromatic carbocycles. The number of nitrogens with zero attached hydrogens (tertiary/aromatic N) is 3. The van der Waals surface area contributed by atoms with E-state index in [1.807, 2.05) is 36.4 Å². The Balaban J connectivity index is 1.57. The lowest BCUT2D eigenvalue weighted by Crippen LogP contribution is -2.40. The summed E-state index contributed by atoms with van der Waals surface area (Å²) in [4.78, 5) is 28.4. The van der Waals surface area contributed by atoms with Gasteiger partial charge in [-0.15, -0.1) is 0 Å². The molecule has 0 fully saturated rings. The Kier molecular flexibility index (Phi) is 6.70. The maximum absolute atomic E-state index is 13.2. The number of hydrogen-bond acceptors (Lipinski definition) is 4. The summed E-state index contributed by atoms with van der Waals surface area (Å²) in [6, 6.07) is 24.6. The van der Waals surface area contributed by atoms with Crippen LogP contribution >= 0.6 is 15.9 Å². The highest BCUT2D eigenvalue weighted by atomic mass is 79.9. The number of benzene rings is 3. The molecule has 0 spiro atoms. The zero-order valence-electron chi connectivity index (χ0n) is 19.5. The van der Waals surface area contributed by atoms with E-state index in [9.17, 15) is 9.59 Å². The molecule has 0 unspecified atom stereocenters. The van der Waals surface area contributed by atoms with Gasteiger partial charge in [0.2, 0.25) is 0 Å². The first-order valence-corrected chi connectivity index (χ1v) is 12.3. The minimum absolute atomic E-state index is 0.226. The molecule has 35 heavy (non-hydrogen) atoms. The standard InChI is InChI=1S/C28H26BrN3O3/c1-35-25-10-8-20(9-11-25)14-30-15-21-4-2-6-23(12-21)17-31-19-26(29)27(33)32(28(31)34)18-24-7-3-5-22(13-24)16-30/h2-13,19H,14-18H2,1H3. The van der Waals surface area contributed by atoms with Crippen LogP contribution in [-0.4, -0.2) is 21.1 Å². The number of rotatable bonds is 3. The number of methoxy groups -OCH3 is 1. The molecule has 7 heteroatoms. The Hall–Kier alpha value is -3.42. The second kappa shape index (κ2) is 10.1. The molecule has 0 saturated carbocycles. The number of halogens is 1. The van der Waals surface area contributed by atoms with Crippen LogP contribution in [0, 0.1) is 0 Å². The van der Waals surface area contributed by atoms with Crippen LogP contribution in [0.15, 0.2) is 93.1 Å². The third-order valence-electron chi connectivity index (χ3n) is 6.25. The number of ether oxygens (including phenoxy) is 1. The van der Waals surface area contributed by atoms with Gasteiger partial charge in [0.1, 0.15) is 5.75 Å². The van der Waals surface area contributed by atoms with Gasteiger partial charge in [0.05, 0.1) is 24.7 Å². The zero-order chi connectivity index (χ0) is 24.4. The summed E-state index contributed by atoms with van der Waals surface area (Å²) in [5, 5.41) is 0. The fraction of sp³-hybridized carbons (Fsp3) is 0.214. The fourth-order valence-electron chi connectivity index (χ4n) is 4.58. The molecular formula is C28H26BrN3O3. The van der Waals surface area contributed by atoms with Crippen LogP contribution in [0.1, 0.15) is 27.8 Å². The third kappa shape index (κ3) is 5.31. The largest absolute Gasteiger partial charge is 0.497 e. The normalized spacial score (nSPS) is 13.8. The molecule has 1 aliphatic heterocycles. The van der Waals surface area contributed by atoms with Gasteiger partial charge in [-0.25, -0.2) is 4.79 Å². The van der Waals surface area contributed by atoms with Gasteiger partial charge in [-0.3, -0.25) is 18.8 Å². The predicted molar refractivity (Wildman–Crippen MR) is 140 cm³/mol. The Labute approximate surface area is 212 Å². The topological polar surface area (TPSA) is 56.5 Å². The van der Waals surface area contributed by atoms with Crippen molar-refractivity contribution in [2.75, 3.05) is 7.11 Å². The van der Waals surface area contributed by atoms with Crippen molar-refractivity contribution in [1.82, 2.24) is 14.0 Å². The van der Waals surface area contributed by atoms with E-state index in [0.29, 0.717) is 11.0 Å². The van der Waals surface area contributed by atoms with Crippen LogP contribution in [0.2, 0.25) is 0 Å². The van der Waals surface area contributed by atoms with Gasteiger partial charge in [-0.2, -0.15) is 0 Å². The van der Waals surface area contributed by atoms with E-state index < -0.39 is 0 Å². The molecule has 2 heterocycles. The molecule has 0 atom stereocenters. The van der Waals surface area contributed by atoms with Gasteiger partial charge >= 0.3 is 5.69 Å². The van der Waals surface area contributed by atoms with Crippen molar-refractivity contribution in [3.63, 3.8) is 0 Å². The monoisotopic (exact) mass is 531 g/mol. The lowest BCUT2D eigenvalue weighted by molar-refractivity contribution is 0.247. The average Bonchev–Trinajstić information content (AvgIpc) is 2.85. The van der Waals surface area contributed by atoms with Gasteiger partial charge in [0, 0.05) is 25.8 Å². The predicted octanol–water partition coefficient (Wildman–Crippen LogP) is 4.39. The van der Waals surface area contributed by atoms with E-state index >= 15 is 0 Å². The molecule has 4 aromatic rings. The molecule has 178 valence electrons. The third-order valence-corrected chi connectivity index (χ3v) is 6.79. The molecule has 1 aliphatic rings. The number of hydrogen-bond donors (Lipinski definition) is 0. The minimum Gasteiger partial charge on any atom is -0.497 e. The number of aromatic nitrogens is 2. The van der Waals surface area contributed by atoms with E-state index in [1.54, 1.807) is 17.9 Å². The minimum atomic E-state index is -0.321. The molecular weight excluding hydrogens is 506 g/mol. The van der Waals surface area contributed by atoms with Gasteiger partial charge < -0.3 is 4.74 Å². The molecule has 6 nitrogen and oxygen atoms in total. The highest BCUT2D eigenvalue weighted by molar-refractivity contribution is 9.10. The van der Waals surface area contributed by atoms with Crippen LogP contribution in [0.3, 0.4) is 0 Å². The Bertz CT molecular complexity index is 1470. The van der Waals surface area contributed by atoms with Crippen molar-refractivity contribution >= 4 is 15.9 Å². The highest BCUT2D eigenvalue weighted by Gasteiger charge is 2.14. The first-order valence-electron chi connectivity index (χ1n) is 11.5. The summed E-state index contributed by atoms with van der Waals surface area (Å²) in [5.41, 5.74) is 4.81. The molecule has 0 N–H and O–H groups in total. The van der Waals surface area contributed by atoms with Crippen LogP contribution in [0.5, 0.6) is 5.75 Å². The zero-order valence-corrected chi connectivity index (χ0v) is 21.1. The van der Waals surface area contributed by atoms with Crippen molar-refractivity contribution < 1.29 is 4.74 Å². The van der Waals surface area contributed by atoms with Crippen LogP contribution in [-0.2, 0) is 32.7 Å². The van der Waals surface area contributed by atoms with Crippen LogP contribution in [0.4, 0.5) is 0 Å². The van der Waals surface area contributed by atoms with E-state index in [0.717, 1.165) is 42.1 Å². The van der Waals surface area contributed by atoms with Gasteiger partial charge in [0.25, 0.3) is 5.56 Å². The molecule has 5 rings (SSSR count). The first-order chi connectivity index (χ1) is 17.0. The van der Waals surface area contributed by atoms with Crippen molar-refractivity contribution in [2.45, 2.75) is 32.7 Å². The Morgan fingerprint density at radius 3 is 1.97 bits per heavy atom. The van der Waals surface area contributed by atoms with Gasteiger partial charge in [-0.1, -0.05) is 60.7 Å². The fourth-order valence-corrected chi connectivity index (χ4v) is 5.04. The van der Waals surface area contributed by atoms with Gasteiger partial charge in [0.15, 0.2) is 0 Å². The van der Waals surface area contributed by atoms with Crippen molar-refractivity contribution in [3.05, 3.63) is 132 Å². The molecule has 0 amide bonds. The second-order valence-corrected chi connectivity index (χ2v) is 9.77. The van der Waals surface area contributed by atoms with Crippen molar-refractivity contribution in [1.29, 1.82) is 0 Å². The Morgan fingerprint density at radius 1 is 0.800 bits per heavy atom. The molecule has 0 saturated heterocycles. The van der Waals surface area contributed by atoms with Crippen LogP contribution < -0.4 is 16.0 Å². The molecule has 0 radical (unpaired) electrons. The maximum Gasteiger partial charge on any atom is 0.331 e. The van der Waals surface area contributed by atoms with E-state index in [2.05, 4.69) is 57.2 Å². The lowest BCUT2D eigenvalue weighted by Gasteiger charge is -2.24. The SMILES string of the molecule is COc1ccc(CN2Cc3cccc(c3)Cn3cc(Br)c(=O)n(c3=O)Cc3cccc(c3)C2)cc1. The molecule has 1 aromatic heterocycles. The Morgan fingerprint density at radius 2 is 1.37 bits per heavy atom. The quantitative estimate of drug-likeness (QED) is 0.393. The summed E-state index contributed by atoms with van der Waals surface area (Å²) in [6.07, 6.45) is 1.59. The highest BCUT2D eigenvalue weighted by Crippen LogP contribution is 2.19. The van der Waals surface area contributed by atoms with Crippen molar-refractivity contribution in [3.8, 4) is 5.75 Å². The van der Waals surface area contributed by atoms with E-state index in [-0.39, 0.29) is 17.8 Å². The van der Waals surface area contributed by atoms with E-state index in [4.69, 9.17) is 4.74 Å². The van der Waals surface area contributed by atoms with Gasteiger partial charge in [-0.05, 0) is 55.9 Å². The van der Waals surface area contributed by atoms with Crippen molar-refractivity contribution in [2.24, 2.45) is 0 Å². The van der Waals surface area contributed by atoms with Crippen LogP contribution in [0.25, 0.3) is 0 Å². The summed E-state index contributed by atoms with van der Waals surface area (Å²) in [6.45, 7) is 2.90. The maximum atomic E-state index is 13.2. The number of fused-ring (bicyclic) bond motifs is 6. The smallest absolute Gasteiger partial charge is 0.331 e.